The van der Waals surface area contributed by atoms with Gasteiger partial charge in [-0.1, -0.05) is 24.3 Å². The van der Waals surface area contributed by atoms with Crippen molar-refractivity contribution >= 4 is 27.2 Å². The maximum absolute atomic E-state index is 13.8. The van der Waals surface area contributed by atoms with Crippen LogP contribution in [0.15, 0.2) is 60.8 Å². The fourth-order valence-corrected chi connectivity index (χ4v) is 4.88. The lowest BCUT2D eigenvalue weighted by Gasteiger charge is -2.14. The van der Waals surface area contributed by atoms with E-state index in [-0.39, 0.29) is 5.69 Å². The molecule has 1 aliphatic heterocycles. The van der Waals surface area contributed by atoms with E-state index in [2.05, 4.69) is 40.2 Å². The Hall–Kier alpha value is -2.96. The molecule has 1 aliphatic rings. The first-order valence-electron chi connectivity index (χ1n) is 10.1. The van der Waals surface area contributed by atoms with E-state index < -0.39 is 5.82 Å². The summed E-state index contributed by atoms with van der Waals surface area (Å²) in [5, 5.41) is 0. The topological polar surface area (TPSA) is 51.4 Å². The molecule has 0 unspecified atom stereocenters. The molecule has 2 aromatic heterocycles. The van der Waals surface area contributed by atoms with Crippen LogP contribution in [-0.4, -0.2) is 23.0 Å². The predicted octanol–water partition coefficient (Wildman–Crippen LogP) is 6.07. The Morgan fingerprint density at radius 2 is 1.83 bits per heavy atom. The van der Waals surface area contributed by atoms with Gasteiger partial charge in [-0.15, -0.1) is 11.3 Å². The summed E-state index contributed by atoms with van der Waals surface area (Å²) in [6.45, 7) is 3.42. The molecule has 1 fully saturated rings. The number of pyridine rings is 1. The fraction of sp³-hybridized carbons (Fsp3) is 0.208. The second kappa shape index (κ2) is 8.05. The highest BCUT2D eigenvalue weighted by atomic mass is 32.1. The maximum Gasteiger partial charge on any atom is 0.149 e. The van der Waals surface area contributed by atoms with Crippen LogP contribution in [0.25, 0.3) is 20.7 Å². The molecule has 152 valence electrons. The van der Waals surface area contributed by atoms with Crippen molar-refractivity contribution in [3.05, 3.63) is 72.2 Å². The molecule has 0 radical (unpaired) electrons. The Kier molecular flexibility index (Phi) is 5.11. The number of nitrogen functional groups attached to an aromatic ring is 1. The second-order valence-corrected chi connectivity index (χ2v) is 8.65. The number of rotatable bonds is 5. The zero-order valence-electron chi connectivity index (χ0n) is 16.5. The molecule has 3 heterocycles. The van der Waals surface area contributed by atoms with Crippen LogP contribution in [0.3, 0.4) is 0 Å². The summed E-state index contributed by atoms with van der Waals surface area (Å²) in [4.78, 5) is 8.11. The Bertz CT molecular complexity index is 1180. The quantitative estimate of drug-likeness (QED) is 0.399. The zero-order valence-corrected chi connectivity index (χ0v) is 17.3. The number of hydrogen-bond acceptors (Lipinski definition) is 5. The van der Waals surface area contributed by atoms with E-state index in [0.29, 0.717) is 11.5 Å². The van der Waals surface area contributed by atoms with Gasteiger partial charge in [0.25, 0.3) is 0 Å². The zero-order chi connectivity index (χ0) is 20.5. The van der Waals surface area contributed by atoms with Gasteiger partial charge in [-0.2, -0.15) is 0 Å². The van der Waals surface area contributed by atoms with E-state index in [0.717, 1.165) is 27.2 Å². The van der Waals surface area contributed by atoms with Crippen LogP contribution in [0, 0.1) is 5.82 Å². The van der Waals surface area contributed by atoms with Crippen molar-refractivity contribution in [3.8, 4) is 21.9 Å². The number of fused-ring (bicyclic) bond motifs is 1. The fourth-order valence-electron chi connectivity index (χ4n) is 3.81. The Morgan fingerprint density at radius 1 is 1.03 bits per heavy atom. The molecule has 5 rings (SSSR count). The van der Waals surface area contributed by atoms with Gasteiger partial charge in [-0.25, -0.2) is 4.39 Å². The molecule has 0 spiro atoms. The lowest BCUT2D eigenvalue weighted by atomic mass is 10.1. The maximum atomic E-state index is 13.8. The van der Waals surface area contributed by atoms with E-state index in [1.54, 1.807) is 29.7 Å². The van der Waals surface area contributed by atoms with E-state index in [4.69, 9.17) is 10.5 Å². The van der Waals surface area contributed by atoms with E-state index in [9.17, 15) is 4.39 Å². The molecule has 2 N–H and O–H groups in total. The highest BCUT2D eigenvalue weighted by molar-refractivity contribution is 7.22. The lowest BCUT2D eigenvalue weighted by molar-refractivity contribution is 0.331. The number of nitrogens with zero attached hydrogens (tertiary/aromatic N) is 2. The molecule has 0 aliphatic carbocycles. The second-order valence-electron chi connectivity index (χ2n) is 7.60. The Labute approximate surface area is 178 Å². The molecule has 2 aromatic carbocycles. The smallest absolute Gasteiger partial charge is 0.149 e. The van der Waals surface area contributed by atoms with Crippen molar-refractivity contribution in [1.29, 1.82) is 0 Å². The van der Waals surface area contributed by atoms with Gasteiger partial charge in [-0.05, 0) is 55.3 Å². The van der Waals surface area contributed by atoms with Gasteiger partial charge in [0, 0.05) is 29.8 Å². The summed E-state index contributed by atoms with van der Waals surface area (Å²) in [6.07, 6.45) is 4.32. The van der Waals surface area contributed by atoms with Gasteiger partial charge in [0.1, 0.15) is 17.3 Å². The Balaban J connectivity index is 1.40. The van der Waals surface area contributed by atoms with Gasteiger partial charge in [0.15, 0.2) is 0 Å². The number of halogens is 1. The van der Waals surface area contributed by atoms with E-state index in [1.807, 2.05) is 0 Å². The first-order valence-corrected chi connectivity index (χ1v) is 10.9. The monoisotopic (exact) mass is 419 g/mol. The average Bonchev–Trinajstić information content (AvgIpc) is 3.42. The highest BCUT2D eigenvalue weighted by Crippen LogP contribution is 2.39. The van der Waals surface area contributed by atoms with Crippen molar-refractivity contribution in [2.24, 2.45) is 0 Å². The van der Waals surface area contributed by atoms with Gasteiger partial charge >= 0.3 is 0 Å². The van der Waals surface area contributed by atoms with Crippen LogP contribution in [-0.2, 0) is 6.54 Å². The molecular formula is C24H22FN3OS. The van der Waals surface area contributed by atoms with Crippen LogP contribution in [0.5, 0.6) is 11.5 Å². The van der Waals surface area contributed by atoms with Crippen molar-refractivity contribution in [2.75, 3.05) is 18.8 Å². The summed E-state index contributed by atoms with van der Waals surface area (Å²) < 4.78 is 20.6. The standard InChI is InChI=1S/C24H22FN3OS/c25-19-13-18(7-8-20(19)26)29-22-9-10-27-21-14-23(30-24(21)22)17-5-3-16(4-6-17)15-28-11-1-2-12-28/h3-10,13-14H,1-2,11-12,15,26H2. The molecule has 0 saturated carbocycles. The third-order valence-electron chi connectivity index (χ3n) is 5.42. The van der Waals surface area contributed by atoms with Gasteiger partial charge in [0.2, 0.25) is 0 Å². The van der Waals surface area contributed by atoms with Gasteiger partial charge < -0.3 is 10.5 Å². The number of anilines is 1. The molecule has 6 heteroatoms. The highest BCUT2D eigenvalue weighted by Gasteiger charge is 2.14. The van der Waals surface area contributed by atoms with Crippen LogP contribution < -0.4 is 10.5 Å². The van der Waals surface area contributed by atoms with E-state index >= 15 is 0 Å². The summed E-state index contributed by atoms with van der Waals surface area (Å²) >= 11 is 1.63. The largest absolute Gasteiger partial charge is 0.456 e. The first-order chi connectivity index (χ1) is 14.7. The number of likely N-dealkylation sites (tertiary alicyclic amines) is 1. The molecule has 0 atom stereocenters. The third kappa shape index (κ3) is 3.88. The Morgan fingerprint density at radius 3 is 2.60 bits per heavy atom. The summed E-state index contributed by atoms with van der Waals surface area (Å²) in [5.41, 5.74) is 9.03. The number of benzene rings is 2. The van der Waals surface area contributed by atoms with Gasteiger partial charge in [0.05, 0.1) is 15.9 Å². The molecule has 1 saturated heterocycles. The molecule has 4 aromatic rings. The number of nitrogens with two attached hydrogens (primary N) is 1. The summed E-state index contributed by atoms with van der Waals surface area (Å²) in [7, 11) is 0. The number of hydrogen-bond donors (Lipinski definition) is 1. The lowest BCUT2D eigenvalue weighted by Crippen LogP contribution is -2.18. The minimum absolute atomic E-state index is 0.105. The molecule has 0 bridgehead atoms. The number of thiophene rings is 1. The first kappa shape index (κ1) is 19.0. The molecule has 30 heavy (non-hydrogen) atoms. The number of ether oxygens (including phenoxy) is 1. The minimum Gasteiger partial charge on any atom is -0.456 e. The van der Waals surface area contributed by atoms with Crippen LogP contribution >= 0.6 is 11.3 Å². The molecular weight excluding hydrogens is 397 g/mol. The normalized spacial score (nSPS) is 14.4. The van der Waals surface area contributed by atoms with Crippen LogP contribution in [0.1, 0.15) is 18.4 Å². The van der Waals surface area contributed by atoms with Crippen molar-refractivity contribution < 1.29 is 9.13 Å². The van der Waals surface area contributed by atoms with Gasteiger partial charge in [-0.3, -0.25) is 9.88 Å². The van der Waals surface area contributed by atoms with Crippen molar-refractivity contribution in [1.82, 2.24) is 9.88 Å². The van der Waals surface area contributed by atoms with Crippen molar-refractivity contribution in [2.45, 2.75) is 19.4 Å². The SMILES string of the molecule is Nc1ccc(Oc2ccnc3cc(-c4ccc(CN5CCCC5)cc4)sc23)cc1F. The minimum atomic E-state index is -0.487. The van der Waals surface area contributed by atoms with Crippen LogP contribution in [0.2, 0.25) is 0 Å². The number of aromatic nitrogens is 1. The van der Waals surface area contributed by atoms with Crippen LogP contribution in [0.4, 0.5) is 10.1 Å². The van der Waals surface area contributed by atoms with E-state index in [1.165, 1.54) is 43.6 Å². The summed E-state index contributed by atoms with van der Waals surface area (Å²) in [5.74, 6) is 0.583. The molecule has 0 amide bonds. The average molecular weight is 420 g/mol. The summed E-state index contributed by atoms with van der Waals surface area (Å²) in [6, 6.07) is 17.1. The molecule has 4 nitrogen and oxygen atoms in total. The van der Waals surface area contributed by atoms with Crippen molar-refractivity contribution in [3.63, 3.8) is 0 Å². The predicted molar refractivity (Wildman–Crippen MR) is 120 cm³/mol. The third-order valence-corrected chi connectivity index (χ3v) is 6.61.